The standard InChI is InChI=1S/C12H25N3O4S/c1-4-15-9-5-11(6-10-15)14(3)20(18,19)13(2)8-7-12(16)17/h11H,4-10H2,1-3H3,(H,16,17). The van der Waals surface area contributed by atoms with Crippen molar-refractivity contribution in [3.05, 3.63) is 0 Å². The van der Waals surface area contributed by atoms with Crippen molar-refractivity contribution >= 4 is 16.2 Å². The minimum Gasteiger partial charge on any atom is -0.481 e. The van der Waals surface area contributed by atoms with E-state index in [1.54, 1.807) is 7.05 Å². The summed E-state index contributed by atoms with van der Waals surface area (Å²) in [5, 5.41) is 8.63. The zero-order valence-corrected chi connectivity index (χ0v) is 13.3. The number of hydrogen-bond donors (Lipinski definition) is 1. The summed E-state index contributed by atoms with van der Waals surface area (Å²) in [6.45, 7) is 4.89. The van der Waals surface area contributed by atoms with Crippen molar-refractivity contribution in [2.24, 2.45) is 0 Å². The normalized spacial score (nSPS) is 18.9. The maximum atomic E-state index is 12.3. The number of piperidine rings is 1. The van der Waals surface area contributed by atoms with Crippen LogP contribution in [-0.2, 0) is 15.0 Å². The van der Waals surface area contributed by atoms with Crippen LogP contribution in [0.2, 0.25) is 0 Å². The lowest BCUT2D eigenvalue weighted by molar-refractivity contribution is -0.137. The Kier molecular flexibility index (Phi) is 6.38. The smallest absolute Gasteiger partial charge is 0.304 e. The molecule has 0 aromatic carbocycles. The summed E-state index contributed by atoms with van der Waals surface area (Å²) in [7, 11) is -0.565. The first kappa shape index (κ1) is 17.4. The van der Waals surface area contributed by atoms with Gasteiger partial charge in [-0.15, -0.1) is 0 Å². The molecule has 0 aliphatic carbocycles. The first-order valence-corrected chi connectivity index (χ1v) is 8.32. The number of nitrogens with zero attached hydrogens (tertiary/aromatic N) is 3. The third-order valence-corrected chi connectivity index (χ3v) is 5.91. The van der Waals surface area contributed by atoms with Crippen molar-refractivity contribution in [3.8, 4) is 0 Å². The summed E-state index contributed by atoms with van der Waals surface area (Å²) in [6, 6.07) is -0.00456. The van der Waals surface area contributed by atoms with Crippen molar-refractivity contribution in [2.75, 3.05) is 40.3 Å². The molecular formula is C12H25N3O4S. The fraction of sp³-hybridized carbons (Fsp3) is 0.917. The number of rotatable bonds is 7. The van der Waals surface area contributed by atoms with Crippen LogP contribution in [0, 0.1) is 0 Å². The molecule has 1 rings (SSSR count). The molecule has 0 aromatic heterocycles. The summed E-state index contributed by atoms with van der Waals surface area (Å²) < 4.78 is 27.2. The monoisotopic (exact) mass is 307 g/mol. The molecule has 1 aliphatic heterocycles. The Bertz CT molecular complexity index is 418. The zero-order chi connectivity index (χ0) is 15.3. The molecule has 0 atom stereocenters. The van der Waals surface area contributed by atoms with E-state index < -0.39 is 16.2 Å². The molecule has 1 saturated heterocycles. The summed E-state index contributed by atoms with van der Waals surface area (Å²) >= 11 is 0. The molecule has 1 fully saturated rings. The third kappa shape index (κ3) is 4.41. The van der Waals surface area contributed by atoms with E-state index in [9.17, 15) is 13.2 Å². The Labute approximate surface area is 121 Å². The Hall–Kier alpha value is -0.700. The van der Waals surface area contributed by atoms with Crippen LogP contribution in [0.25, 0.3) is 0 Å². The van der Waals surface area contributed by atoms with Gasteiger partial charge in [-0.05, 0) is 32.5 Å². The van der Waals surface area contributed by atoms with Crippen LogP contribution in [0.5, 0.6) is 0 Å². The van der Waals surface area contributed by atoms with E-state index in [1.807, 2.05) is 0 Å². The van der Waals surface area contributed by atoms with Crippen LogP contribution in [0.1, 0.15) is 26.2 Å². The van der Waals surface area contributed by atoms with E-state index in [-0.39, 0.29) is 19.0 Å². The summed E-state index contributed by atoms with van der Waals surface area (Å²) in [4.78, 5) is 12.8. The van der Waals surface area contributed by atoms with Crippen LogP contribution in [0.4, 0.5) is 0 Å². The van der Waals surface area contributed by atoms with Gasteiger partial charge in [0, 0.05) is 26.7 Å². The highest BCUT2D eigenvalue weighted by molar-refractivity contribution is 7.86. The molecule has 0 radical (unpaired) electrons. The van der Waals surface area contributed by atoms with Gasteiger partial charge in [0.25, 0.3) is 10.2 Å². The fourth-order valence-electron chi connectivity index (χ4n) is 2.38. The molecule has 7 nitrogen and oxygen atoms in total. The molecule has 1 aliphatic rings. The second-order valence-electron chi connectivity index (χ2n) is 5.15. The summed E-state index contributed by atoms with van der Waals surface area (Å²) in [5.41, 5.74) is 0. The van der Waals surface area contributed by atoms with Crippen LogP contribution in [0.15, 0.2) is 0 Å². The minimum absolute atomic E-state index is 0.00416. The van der Waals surface area contributed by atoms with Gasteiger partial charge in [-0.1, -0.05) is 6.92 Å². The maximum Gasteiger partial charge on any atom is 0.304 e. The van der Waals surface area contributed by atoms with E-state index in [4.69, 9.17) is 5.11 Å². The van der Waals surface area contributed by atoms with Crippen molar-refractivity contribution in [2.45, 2.75) is 32.2 Å². The molecule has 0 aromatic rings. The molecule has 0 unspecified atom stereocenters. The molecular weight excluding hydrogens is 282 g/mol. The molecule has 0 bridgehead atoms. The lowest BCUT2D eigenvalue weighted by atomic mass is 10.1. The van der Waals surface area contributed by atoms with Gasteiger partial charge in [-0.2, -0.15) is 17.0 Å². The van der Waals surface area contributed by atoms with E-state index in [0.29, 0.717) is 0 Å². The van der Waals surface area contributed by atoms with Crippen molar-refractivity contribution < 1.29 is 18.3 Å². The van der Waals surface area contributed by atoms with Gasteiger partial charge < -0.3 is 10.0 Å². The van der Waals surface area contributed by atoms with Crippen LogP contribution in [0.3, 0.4) is 0 Å². The second kappa shape index (κ2) is 7.35. The Balaban J connectivity index is 2.60. The SMILES string of the molecule is CCN1CCC(N(C)S(=O)(=O)N(C)CCC(=O)O)CC1. The Morgan fingerprint density at radius 3 is 2.30 bits per heavy atom. The molecule has 118 valence electrons. The number of carbonyl (C=O) groups is 1. The lowest BCUT2D eigenvalue weighted by Gasteiger charge is -2.37. The molecule has 0 spiro atoms. The van der Waals surface area contributed by atoms with Crippen LogP contribution in [-0.4, -0.2) is 79.3 Å². The molecule has 20 heavy (non-hydrogen) atoms. The second-order valence-corrected chi connectivity index (χ2v) is 7.25. The van der Waals surface area contributed by atoms with Gasteiger partial charge in [0.05, 0.1) is 6.42 Å². The number of hydrogen-bond acceptors (Lipinski definition) is 4. The van der Waals surface area contributed by atoms with Crippen molar-refractivity contribution in [1.29, 1.82) is 0 Å². The highest BCUT2D eigenvalue weighted by Gasteiger charge is 2.32. The average Bonchev–Trinajstić information content (AvgIpc) is 2.43. The Morgan fingerprint density at radius 2 is 1.85 bits per heavy atom. The topological polar surface area (TPSA) is 81.2 Å². The van der Waals surface area contributed by atoms with Gasteiger partial charge in [0.2, 0.25) is 0 Å². The zero-order valence-electron chi connectivity index (χ0n) is 12.4. The number of carboxylic acid groups (broad SMARTS) is 1. The van der Waals surface area contributed by atoms with Crippen molar-refractivity contribution in [1.82, 2.24) is 13.5 Å². The van der Waals surface area contributed by atoms with Gasteiger partial charge in [-0.3, -0.25) is 4.79 Å². The molecule has 8 heteroatoms. The molecule has 1 N–H and O–H groups in total. The minimum atomic E-state index is -3.57. The lowest BCUT2D eigenvalue weighted by Crippen LogP contribution is -2.49. The van der Waals surface area contributed by atoms with Gasteiger partial charge >= 0.3 is 5.97 Å². The van der Waals surface area contributed by atoms with Gasteiger partial charge in [-0.25, -0.2) is 0 Å². The van der Waals surface area contributed by atoms with Crippen LogP contribution >= 0.6 is 0 Å². The van der Waals surface area contributed by atoms with Crippen molar-refractivity contribution in [3.63, 3.8) is 0 Å². The number of aliphatic carboxylic acids is 1. The van der Waals surface area contributed by atoms with E-state index in [1.165, 1.54) is 11.4 Å². The predicted octanol–water partition coefficient (Wildman–Crippen LogP) is 0.0538. The predicted molar refractivity (Wildman–Crippen MR) is 76.7 cm³/mol. The highest BCUT2D eigenvalue weighted by Crippen LogP contribution is 2.19. The molecule has 0 saturated carbocycles. The first-order chi connectivity index (χ1) is 9.28. The highest BCUT2D eigenvalue weighted by atomic mass is 32.2. The van der Waals surface area contributed by atoms with E-state index in [0.717, 1.165) is 36.8 Å². The number of likely N-dealkylation sites (tertiary alicyclic amines) is 1. The Morgan fingerprint density at radius 1 is 1.30 bits per heavy atom. The largest absolute Gasteiger partial charge is 0.481 e. The average molecular weight is 307 g/mol. The first-order valence-electron chi connectivity index (χ1n) is 6.92. The molecule has 1 heterocycles. The van der Waals surface area contributed by atoms with Gasteiger partial charge in [0.1, 0.15) is 0 Å². The summed E-state index contributed by atoms with van der Waals surface area (Å²) in [6.07, 6.45) is 1.45. The van der Waals surface area contributed by atoms with E-state index in [2.05, 4.69) is 11.8 Å². The number of carboxylic acids is 1. The maximum absolute atomic E-state index is 12.3. The van der Waals surface area contributed by atoms with Crippen LogP contribution < -0.4 is 0 Å². The fourth-order valence-corrected chi connectivity index (χ4v) is 3.73. The van der Waals surface area contributed by atoms with Gasteiger partial charge in [0.15, 0.2) is 0 Å². The third-order valence-electron chi connectivity index (χ3n) is 3.92. The quantitative estimate of drug-likeness (QED) is 0.719. The van der Waals surface area contributed by atoms with E-state index >= 15 is 0 Å². The summed E-state index contributed by atoms with van der Waals surface area (Å²) in [5.74, 6) is -0.994. The molecule has 0 amide bonds.